The molecule has 0 saturated carbocycles. The minimum absolute atomic E-state index is 0.0256. The SMILES string of the molecule is CCOc1ccc(Br)cc1C(NC)c1ccc(Cl)c(Br)c1. The highest BCUT2D eigenvalue weighted by Crippen LogP contribution is 2.34. The highest BCUT2D eigenvalue weighted by atomic mass is 79.9. The lowest BCUT2D eigenvalue weighted by molar-refractivity contribution is 0.334. The van der Waals surface area contributed by atoms with Crippen LogP contribution >= 0.6 is 43.5 Å². The largest absolute Gasteiger partial charge is 0.494 e. The number of nitrogens with one attached hydrogen (secondary N) is 1. The maximum Gasteiger partial charge on any atom is 0.124 e. The van der Waals surface area contributed by atoms with Crippen molar-refractivity contribution in [2.75, 3.05) is 13.7 Å². The summed E-state index contributed by atoms with van der Waals surface area (Å²) in [5.74, 6) is 0.881. The van der Waals surface area contributed by atoms with Crippen LogP contribution in [0.15, 0.2) is 45.3 Å². The van der Waals surface area contributed by atoms with Gasteiger partial charge in [0.1, 0.15) is 5.75 Å². The van der Waals surface area contributed by atoms with E-state index in [0.717, 1.165) is 25.8 Å². The molecule has 0 heterocycles. The first-order valence-corrected chi connectivity index (χ1v) is 8.57. The molecule has 0 bridgehead atoms. The van der Waals surface area contributed by atoms with Crippen LogP contribution in [0.2, 0.25) is 5.02 Å². The van der Waals surface area contributed by atoms with Crippen molar-refractivity contribution in [3.05, 3.63) is 61.5 Å². The summed E-state index contributed by atoms with van der Waals surface area (Å²) >= 11 is 13.1. The topological polar surface area (TPSA) is 21.3 Å². The fourth-order valence-electron chi connectivity index (χ4n) is 2.23. The third-order valence-corrected chi connectivity index (χ3v) is 4.86. The first kappa shape index (κ1) is 16.8. The molecule has 0 aliphatic carbocycles. The van der Waals surface area contributed by atoms with Crippen LogP contribution < -0.4 is 10.1 Å². The number of rotatable bonds is 5. The normalized spacial score (nSPS) is 12.2. The van der Waals surface area contributed by atoms with Gasteiger partial charge in [-0.15, -0.1) is 0 Å². The summed E-state index contributed by atoms with van der Waals surface area (Å²) < 4.78 is 7.66. The highest BCUT2D eigenvalue weighted by Gasteiger charge is 2.18. The van der Waals surface area contributed by atoms with E-state index in [2.05, 4.69) is 43.2 Å². The highest BCUT2D eigenvalue weighted by molar-refractivity contribution is 9.10. The van der Waals surface area contributed by atoms with Crippen molar-refractivity contribution < 1.29 is 4.74 Å². The van der Waals surface area contributed by atoms with Crippen molar-refractivity contribution >= 4 is 43.5 Å². The maximum atomic E-state index is 6.08. The van der Waals surface area contributed by atoms with Gasteiger partial charge in [0, 0.05) is 14.5 Å². The lowest BCUT2D eigenvalue weighted by Crippen LogP contribution is -2.18. The van der Waals surface area contributed by atoms with E-state index in [1.165, 1.54) is 0 Å². The molecule has 2 rings (SSSR count). The molecule has 5 heteroatoms. The summed E-state index contributed by atoms with van der Waals surface area (Å²) in [5.41, 5.74) is 2.20. The summed E-state index contributed by atoms with van der Waals surface area (Å²) in [6, 6.07) is 12.0. The predicted molar refractivity (Wildman–Crippen MR) is 95.4 cm³/mol. The van der Waals surface area contributed by atoms with Crippen molar-refractivity contribution in [3.63, 3.8) is 0 Å². The Balaban J connectivity index is 2.49. The van der Waals surface area contributed by atoms with Crippen LogP contribution in [0.5, 0.6) is 5.75 Å². The van der Waals surface area contributed by atoms with Gasteiger partial charge in [-0.05, 0) is 65.8 Å². The molecule has 21 heavy (non-hydrogen) atoms. The molecule has 2 nitrogen and oxygen atoms in total. The van der Waals surface area contributed by atoms with Crippen molar-refractivity contribution in [3.8, 4) is 5.75 Å². The summed E-state index contributed by atoms with van der Waals surface area (Å²) in [7, 11) is 1.93. The predicted octanol–water partition coefficient (Wildman–Crippen LogP) is 5.57. The third kappa shape index (κ3) is 4.01. The van der Waals surface area contributed by atoms with E-state index >= 15 is 0 Å². The van der Waals surface area contributed by atoms with Gasteiger partial charge in [0.05, 0.1) is 17.7 Å². The Morgan fingerprint density at radius 3 is 2.57 bits per heavy atom. The quantitative estimate of drug-likeness (QED) is 0.665. The fourth-order valence-corrected chi connectivity index (χ4v) is 3.12. The lowest BCUT2D eigenvalue weighted by atomic mass is 9.98. The average molecular weight is 434 g/mol. The molecule has 1 unspecified atom stereocenters. The fraction of sp³-hybridized carbons (Fsp3) is 0.250. The molecule has 0 aliphatic rings. The molecule has 1 N–H and O–H groups in total. The monoisotopic (exact) mass is 431 g/mol. The van der Waals surface area contributed by atoms with Crippen LogP contribution in [-0.2, 0) is 0 Å². The van der Waals surface area contributed by atoms with Crippen LogP contribution in [0.4, 0.5) is 0 Å². The van der Waals surface area contributed by atoms with Crippen LogP contribution in [0.3, 0.4) is 0 Å². The Kier molecular flexibility index (Phi) is 6.11. The van der Waals surface area contributed by atoms with Gasteiger partial charge in [-0.2, -0.15) is 0 Å². The molecule has 0 amide bonds. The van der Waals surface area contributed by atoms with Gasteiger partial charge < -0.3 is 10.1 Å². The van der Waals surface area contributed by atoms with Gasteiger partial charge in [0.15, 0.2) is 0 Å². The van der Waals surface area contributed by atoms with E-state index in [1.807, 2.05) is 44.3 Å². The van der Waals surface area contributed by atoms with Crippen LogP contribution in [0.25, 0.3) is 0 Å². The number of ether oxygens (including phenoxy) is 1. The van der Waals surface area contributed by atoms with Crippen molar-refractivity contribution in [2.45, 2.75) is 13.0 Å². The smallest absolute Gasteiger partial charge is 0.124 e. The van der Waals surface area contributed by atoms with Crippen LogP contribution in [0.1, 0.15) is 24.1 Å². The Morgan fingerprint density at radius 2 is 1.95 bits per heavy atom. The van der Waals surface area contributed by atoms with Gasteiger partial charge in [-0.3, -0.25) is 0 Å². The first-order valence-electron chi connectivity index (χ1n) is 6.61. The van der Waals surface area contributed by atoms with Crippen LogP contribution in [0, 0.1) is 0 Å². The van der Waals surface area contributed by atoms with Crippen LogP contribution in [-0.4, -0.2) is 13.7 Å². The molecule has 1 atom stereocenters. The second kappa shape index (κ2) is 7.63. The van der Waals surface area contributed by atoms with E-state index in [1.54, 1.807) is 0 Å². The molecular weight excluding hydrogens is 417 g/mol. The van der Waals surface area contributed by atoms with E-state index in [-0.39, 0.29) is 6.04 Å². The van der Waals surface area contributed by atoms with Gasteiger partial charge >= 0.3 is 0 Å². The molecular formula is C16H16Br2ClNO. The molecule has 0 saturated heterocycles. The Bertz CT molecular complexity index is 634. The van der Waals surface area contributed by atoms with E-state index in [9.17, 15) is 0 Å². The molecule has 112 valence electrons. The molecule has 2 aromatic carbocycles. The average Bonchev–Trinajstić information content (AvgIpc) is 2.46. The second-order valence-electron chi connectivity index (χ2n) is 4.51. The van der Waals surface area contributed by atoms with E-state index in [4.69, 9.17) is 16.3 Å². The lowest BCUT2D eigenvalue weighted by Gasteiger charge is -2.21. The molecule has 0 aliphatic heterocycles. The maximum absolute atomic E-state index is 6.08. The minimum atomic E-state index is 0.0256. The number of hydrogen-bond donors (Lipinski definition) is 1. The minimum Gasteiger partial charge on any atom is -0.494 e. The van der Waals surface area contributed by atoms with Gasteiger partial charge in [0.2, 0.25) is 0 Å². The zero-order chi connectivity index (χ0) is 15.4. The van der Waals surface area contributed by atoms with Crippen molar-refractivity contribution in [1.82, 2.24) is 5.32 Å². The van der Waals surface area contributed by atoms with Crippen molar-refractivity contribution in [2.24, 2.45) is 0 Å². The van der Waals surface area contributed by atoms with E-state index < -0.39 is 0 Å². The standard InChI is InChI=1S/C16H16Br2ClNO/c1-3-21-15-7-5-11(17)9-12(15)16(20-2)10-4-6-14(19)13(18)8-10/h4-9,16,20H,3H2,1-2H3. The number of benzene rings is 2. The van der Waals surface area contributed by atoms with Gasteiger partial charge in [-0.1, -0.05) is 33.6 Å². The summed E-state index contributed by atoms with van der Waals surface area (Å²) in [4.78, 5) is 0. The van der Waals surface area contributed by atoms with Gasteiger partial charge in [-0.25, -0.2) is 0 Å². The number of halogens is 3. The molecule has 0 spiro atoms. The Morgan fingerprint density at radius 1 is 1.19 bits per heavy atom. The summed E-state index contributed by atoms with van der Waals surface area (Å²) in [5, 5.41) is 4.04. The van der Waals surface area contributed by atoms with Gasteiger partial charge in [0.25, 0.3) is 0 Å². The Labute approximate surface area is 147 Å². The zero-order valence-electron chi connectivity index (χ0n) is 11.8. The second-order valence-corrected chi connectivity index (χ2v) is 6.69. The summed E-state index contributed by atoms with van der Waals surface area (Å²) in [6.07, 6.45) is 0. The number of hydrogen-bond acceptors (Lipinski definition) is 2. The molecule has 0 fully saturated rings. The Hall–Kier alpha value is -0.550. The summed E-state index contributed by atoms with van der Waals surface area (Å²) in [6.45, 7) is 2.62. The molecule has 0 radical (unpaired) electrons. The molecule has 2 aromatic rings. The third-order valence-electron chi connectivity index (χ3n) is 3.15. The first-order chi connectivity index (χ1) is 10.1. The van der Waals surface area contributed by atoms with Crippen molar-refractivity contribution in [1.29, 1.82) is 0 Å². The van der Waals surface area contributed by atoms with E-state index in [0.29, 0.717) is 11.6 Å². The zero-order valence-corrected chi connectivity index (χ0v) is 15.7. The molecule has 0 aromatic heterocycles.